The predicted molar refractivity (Wildman–Crippen MR) is 125 cm³/mol. The van der Waals surface area contributed by atoms with Gasteiger partial charge in [-0.2, -0.15) is 0 Å². The maximum atomic E-state index is 5.98. The molecule has 0 aliphatic heterocycles. The number of hydrogen-bond acceptors (Lipinski definition) is 2. The van der Waals surface area contributed by atoms with E-state index in [0.29, 0.717) is 6.61 Å². The molecule has 160 valence electrons. The Morgan fingerprint density at radius 1 is 0.690 bits per heavy atom. The fraction of sp³-hybridized carbons (Fsp3) is 0.556. The van der Waals surface area contributed by atoms with Gasteiger partial charge in [-0.25, -0.2) is 0 Å². The molecule has 1 atom stereocenters. The maximum Gasteiger partial charge on any atom is 0.119 e. The minimum Gasteiger partial charge on any atom is -0.488 e. The van der Waals surface area contributed by atoms with Gasteiger partial charge in [-0.05, 0) is 55.0 Å². The standard InChI is InChI=1S/C27H40O2/c1-4-6-8-9-10-12-24-13-15-25(16-14-24)26-17-19-27(20-18-26)29-23(3)22-28-21-11-7-5-2/h13-20,23H,4-12,21-22H2,1-3H3. The molecule has 2 aromatic rings. The van der Waals surface area contributed by atoms with Crippen molar-refractivity contribution < 1.29 is 9.47 Å². The van der Waals surface area contributed by atoms with Crippen molar-refractivity contribution >= 4 is 0 Å². The molecule has 2 heteroatoms. The van der Waals surface area contributed by atoms with Crippen LogP contribution in [0.4, 0.5) is 0 Å². The van der Waals surface area contributed by atoms with Gasteiger partial charge >= 0.3 is 0 Å². The Balaban J connectivity index is 1.76. The normalized spacial score (nSPS) is 12.1. The van der Waals surface area contributed by atoms with Crippen molar-refractivity contribution in [2.45, 2.75) is 84.7 Å². The predicted octanol–water partition coefficient (Wildman–Crippen LogP) is 7.84. The molecule has 0 fully saturated rings. The Labute approximate surface area is 178 Å². The zero-order chi connectivity index (χ0) is 20.7. The van der Waals surface area contributed by atoms with Crippen molar-refractivity contribution in [3.8, 4) is 16.9 Å². The summed E-state index contributed by atoms with van der Waals surface area (Å²) in [6, 6.07) is 17.4. The van der Waals surface area contributed by atoms with Crippen LogP contribution in [0.15, 0.2) is 48.5 Å². The first-order valence-electron chi connectivity index (χ1n) is 11.7. The van der Waals surface area contributed by atoms with Crippen molar-refractivity contribution in [3.63, 3.8) is 0 Å². The lowest BCUT2D eigenvalue weighted by Crippen LogP contribution is -2.19. The molecule has 0 aromatic heterocycles. The van der Waals surface area contributed by atoms with Gasteiger partial charge in [0.1, 0.15) is 11.9 Å². The average Bonchev–Trinajstić information content (AvgIpc) is 2.74. The molecule has 0 spiro atoms. The van der Waals surface area contributed by atoms with Crippen LogP contribution < -0.4 is 4.74 Å². The quantitative estimate of drug-likeness (QED) is 0.285. The number of unbranched alkanes of at least 4 members (excludes halogenated alkanes) is 6. The van der Waals surface area contributed by atoms with Crippen LogP contribution in [0, 0.1) is 0 Å². The smallest absolute Gasteiger partial charge is 0.119 e. The van der Waals surface area contributed by atoms with Gasteiger partial charge in [-0.3, -0.25) is 0 Å². The van der Waals surface area contributed by atoms with E-state index in [1.807, 2.05) is 0 Å². The second-order valence-electron chi connectivity index (χ2n) is 8.10. The third kappa shape index (κ3) is 9.49. The highest BCUT2D eigenvalue weighted by atomic mass is 16.5. The average molecular weight is 397 g/mol. The van der Waals surface area contributed by atoms with E-state index in [1.54, 1.807) is 0 Å². The molecule has 0 amide bonds. The number of rotatable bonds is 15. The van der Waals surface area contributed by atoms with Crippen LogP contribution in [0.5, 0.6) is 5.75 Å². The van der Waals surface area contributed by atoms with Gasteiger partial charge in [0.05, 0.1) is 6.61 Å². The second-order valence-corrected chi connectivity index (χ2v) is 8.10. The van der Waals surface area contributed by atoms with E-state index < -0.39 is 0 Å². The molecule has 0 bridgehead atoms. The summed E-state index contributed by atoms with van der Waals surface area (Å²) in [5, 5.41) is 0. The summed E-state index contributed by atoms with van der Waals surface area (Å²) in [7, 11) is 0. The summed E-state index contributed by atoms with van der Waals surface area (Å²) >= 11 is 0. The van der Waals surface area contributed by atoms with E-state index in [4.69, 9.17) is 9.47 Å². The number of aryl methyl sites for hydroxylation is 1. The minimum absolute atomic E-state index is 0.0686. The van der Waals surface area contributed by atoms with E-state index in [9.17, 15) is 0 Å². The van der Waals surface area contributed by atoms with Crippen LogP contribution in [0.25, 0.3) is 11.1 Å². The molecule has 0 aliphatic rings. The Bertz CT molecular complexity index is 645. The van der Waals surface area contributed by atoms with Gasteiger partial charge in [0.25, 0.3) is 0 Å². The fourth-order valence-electron chi connectivity index (χ4n) is 3.49. The molecule has 0 radical (unpaired) electrons. The summed E-state index contributed by atoms with van der Waals surface area (Å²) in [4.78, 5) is 0. The molecule has 29 heavy (non-hydrogen) atoms. The van der Waals surface area contributed by atoms with Crippen molar-refractivity contribution in [2.24, 2.45) is 0 Å². The van der Waals surface area contributed by atoms with Gasteiger partial charge in [0, 0.05) is 6.61 Å². The molecule has 1 unspecified atom stereocenters. The molecule has 0 N–H and O–H groups in total. The Morgan fingerprint density at radius 3 is 1.93 bits per heavy atom. The molecule has 0 saturated heterocycles. The first kappa shape index (κ1) is 23.5. The van der Waals surface area contributed by atoms with Crippen molar-refractivity contribution in [2.75, 3.05) is 13.2 Å². The second kappa shape index (κ2) is 14.2. The first-order valence-corrected chi connectivity index (χ1v) is 11.7. The van der Waals surface area contributed by atoms with Crippen LogP contribution in [0.1, 0.15) is 77.7 Å². The van der Waals surface area contributed by atoms with E-state index in [1.165, 1.54) is 68.1 Å². The van der Waals surface area contributed by atoms with Gasteiger partial charge in [-0.15, -0.1) is 0 Å². The molecule has 0 aliphatic carbocycles. The highest BCUT2D eigenvalue weighted by molar-refractivity contribution is 5.64. The lowest BCUT2D eigenvalue weighted by Gasteiger charge is -2.15. The summed E-state index contributed by atoms with van der Waals surface area (Å²) in [5.41, 5.74) is 3.94. The highest BCUT2D eigenvalue weighted by Gasteiger charge is 2.05. The van der Waals surface area contributed by atoms with Crippen LogP contribution in [-0.4, -0.2) is 19.3 Å². The monoisotopic (exact) mass is 396 g/mol. The molecule has 2 nitrogen and oxygen atoms in total. The van der Waals surface area contributed by atoms with Crippen LogP contribution in [-0.2, 0) is 11.2 Å². The van der Waals surface area contributed by atoms with E-state index >= 15 is 0 Å². The lowest BCUT2D eigenvalue weighted by molar-refractivity contribution is 0.0567. The molecule has 0 saturated carbocycles. The van der Waals surface area contributed by atoms with Gasteiger partial charge < -0.3 is 9.47 Å². The minimum atomic E-state index is 0.0686. The van der Waals surface area contributed by atoms with Gasteiger partial charge in [-0.1, -0.05) is 88.8 Å². The van der Waals surface area contributed by atoms with Crippen LogP contribution in [0.3, 0.4) is 0 Å². The van der Waals surface area contributed by atoms with Crippen LogP contribution in [0.2, 0.25) is 0 Å². The zero-order valence-electron chi connectivity index (χ0n) is 18.8. The third-order valence-electron chi connectivity index (χ3n) is 5.29. The summed E-state index contributed by atoms with van der Waals surface area (Å²) in [5.74, 6) is 0.905. The summed E-state index contributed by atoms with van der Waals surface area (Å²) in [6.07, 6.45) is 11.5. The third-order valence-corrected chi connectivity index (χ3v) is 5.29. The van der Waals surface area contributed by atoms with Crippen LogP contribution >= 0.6 is 0 Å². The molecular weight excluding hydrogens is 356 g/mol. The van der Waals surface area contributed by atoms with Crippen molar-refractivity contribution in [1.82, 2.24) is 0 Å². The largest absolute Gasteiger partial charge is 0.488 e. The Hall–Kier alpha value is -1.80. The van der Waals surface area contributed by atoms with E-state index in [-0.39, 0.29) is 6.10 Å². The maximum absolute atomic E-state index is 5.98. The molecule has 2 rings (SSSR count). The zero-order valence-corrected chi connectivity index (χ0v) is 18.8. The number of hydrogen-bond donors (Lipinski definition) is 0. The SMILES string of the molecule is CCCCCCCc1ccc(-c2ccc(OC(C)COCCCCC)cc2)cc1. The summed E-state index contributed by atoms with van der Waals surface area (Å²) < 4.78 is 11.7. The number of benzene rings is 2. The molecular formula is C27H40O2. The van der Waals surface area contributed by atoms with Crippen molar-refractivity contribution in [3.05, 3.63) is 54.1 Å². The first-order chi connectivity index (χ1) is 14.2. The number of ether oxygens (including phenoxy) is 2. The fourth-order valence-corrected chi connectivity index (χ4v) is 3.49. The molecule has 2 aromatic carbocycles. The van der Waals surface area contributed by atoms with Crippen molar-refractivity contribution in [1.29, 1.82) is 0 Å². The Morgan fingerprint density at radius 2 is 1.28 bits per heavy atom. The van der Waals surface area contributed by atoms with Gasteiger partial charge in [0.15, 0.2) is 0 Å². The van der Waals surface area contributed by atoms with Gasteiger partial charge in [0.2, 0.25) is 0 Å². The topological polar surface area (TPSA) is 18.5 Å². The molecule has 0 heterocycles. The highest BCUT2D eigenvalue weighted by Crippen LogP contribution is 2.24. The van der Waals surface area contributed by atoms with E-state index in [0.717, 1.165) is 18.8 Å². The summed E-state index contributed by atoms with van der Waals surface area (Å²) in [6.45, 7) is 8.01. The van der Waals surface area contributed by atoms with E-state index in [2.05, 4.69) is 69.3 Å². The Kier molecular flexibility index (Phi) is 11.5. The lowest BCUT2D eigenvalue weighted by atomic mass is 10.0.